The van der Waals surface area contributed by atoms with Gasteiger partial charge in [0.2, 0.25) is 0 Å². The largest absolute Gasteiger partial charge is 0.490 e. The number of carbonyl (C=O) groups is 2. The summed E-state index contributed by atoms with van der Waals surface area (Å²) in [6.45, 7) is 6.29. The molecule has 1 saturated heterocycles. The summed E-state index contributed by atoms with van der Waals surface area (Å²) in [7, 11) is 0. The van der Waals surface area contributed by atoms with Crippen LogP contribution >= 0.6 is 11.8 Å². The topological polar surface area (TPSA) is 55.8 Å². The van der Waals surface area contributed by atoms with Crippen molar-refractivity contribution in [1.29, 1.82) is 0 Å². The van der Waals surface area contributed by atoms with Gasteiger partial charge in [-0.2, -0.15) is 0 Å². The third kappa shape index (κ3) is 5.02. The highest BCUT2D eigenvalue weighted by molar-refractivity contribution is 8.18. The SMILES string of the molecule is CCOc1cc(/C=C2/SC(=O)N([C@H](C)CC)C2=O)ccc1OCc1cccc(F)c1. The van der Waals surface area contributed by atoms with Crippen LogP contribution in [0, 0.1) is 5.82 Å². The van der Waals surface area contributed by atoms with Gasteiger partial charge in [0.05, 0.1) is 11.5 Å². The molecule has 3 rings (SSSR count). The molecule has 0 bridgehead atoms. The fourth-order valence-electron chi connectivity index (χ4n) is 2.98. The zero-order valence-electron chi connectivity index (χ0n) is 17.2. The van der Waals surface area contributed by atoms with E-state index >= 15 is 0 Å². The molecule has 1 aliphatic heterocycles. The number of ether oxygens (including phenoxy) is 2. The lowest BCUT2D eigenvalue weighted by atomic mass is 10.1. The van der Waals surface area contributed by atoms with Crippen LogP contribution in [0.25, 0.3) is 6.08 Å². The number of carbonyl (C=O) groups excluding carboxylic acids is 2. The third-order valence-electron chi connectivity index (χ3n) is 4.70. The van der Waals surface area contributed by atoms with Crippen molar-refractivity contribution >= 4 is 29.0 Å². The standard InChI is InChI=1S/C23H24FNO4S/c1-4-15(3)25-22(26)21(30-23(25)27)13-16-9-10-19(20(12-16)28-5-2)29-14-17-7-6-8-18(24)11-17/h6-13,15H,4-5,14H2,1-3H3/b21-13+/t15-/m1/s1. The quantitative estimate of drug-likeness (QED) is 0.509. The molecule has 158 valence electrons. The highest BCUT2D eigenvalue weighted by Gasteiger charge is 2.37. The average Bonchev–Trinajstić information content (AvgIpc) is 3.00. The van der Waals surface area contributed by atoms with Crippen LogP contribution in [0.4, 0.5) is 9.18 Å². The molecule has 0 unspecified atom stereocenters. The first-order valence-electron chi connectivity index (χ1n) is 9.84. The van der Waals surface area contributed by atoms with E-state index in [-0.39, 0.29) is 29.6 Å². The number of rotatable bonds is 8. The van der Waals surface area contributed by atoms with E-state index in [9.17, 15) is 14.0 Å². The minimum absolute atomic E-state index is 0.138. The molecule has 0 N–H and O–H groups in total. The second kappa shape index (κ2) is 9.80. The number of nitrogens with zero attached hydrogens (tertiary/aromatic N) is 1. The van der Waals surface area contributed by atoms with Gasteiger partial charge in [-0.05, 0) is 73.5 Å². The predicted molar refractivity (Wildman–Crippen MR) is 116 cm³/mol. The number of thioether (sulfide) groups is 1. The van der Waals surface area contributed by atoms with Gasteiger partial charge >= 0.3 is 0 Å². The van der Waals surface area contributed by atoms with Crippen LogP contribution in [-0.4, -0.2) is 28.7 Å². The smallest absolute Gasteiger partial charge is 0.293 e. The molecule has 0 spiro atoms. The molecule has 1 aliphatic rings. The Kier molecular flexibility index (Phi) is 7.15. The fraction of sp³-hybridized carbons (Fsp3) is 0.304. The lowest BCUT2D eigenvalue weighted by molar-refractivity contribution is -0.124. The maximum atomic E-state index is 13.4. The van der Waals surface area contributed by atoms with Crippen molar-refractivity contribution in [2.24, 2.45) is 0 Å². The molecule has 0 saturated carbocycles. The van der Waals surface area contributed by atoms with Gasteiger partial charge in [-0.25, -0.2) is 4.39 Å². The summed E-state index contributed by atoms with van der Waals surface area (Å²) in [5.74, 6) is 0.446. The second-order valence-corrected chi connectivity index (χ2v) is 7.86. The molecule has 0 radical (unpaired) electrons. The first-order chi connectivity index (χ1) is 14.4. The monoisotopic (exact) mass is 429 g/mol. The Morgan fingerprint density at radius 2 is 1.90 bits per heavy atom. The summed E-state index contributed by atoms with van der Waals surface area (Å²) in [5, 5.41) is -0.249. The zero-order chi connectivity index (χ0) is 21.7. The molecule has 2 aromatic carbocycles. The van der Waals surface area contributed by atoms with Gasteiger partial charge in [-0.1, -0.05) is 25.1 Å². The van der Waals surface area contributed by atoms with E-state index < -0.39 is 0 Å². The first-order valence-corrected chi connectivity index (χ1v) is 10.7. The Bertz CT molecular complexity index is 975. The minimum atomic E-state index is -0.317. The van der Waals surface area contributed by atoms with Crippen LogP contribution in [0.2, 0.25) is 0 Å². The van der Waals surface area contributed by atoms with Crippen molar-refractivity contribution in [3.63, 3.8) is 0 Å². The maximum absolute atomic E-state index is 13.4. The van der Waals surface area contributed by atoms with Crippen molar-refractivity contribution in [3.8, 4) is 11.5 Å². The highest BCUT2D eigenvalue weighted by Crippen LogP contribution is 2.36. The van der Waals surface area contributed by atoms with Crippen molar-refractivity contribution in [2.75, 3.05) is 6.61 Å². The third-order valence-corrected chi connectivity index (χ3v) is 5.59. The molecule has 1 heterocycles. The molecular formula is C23H24FNO4S. The fourth-order valence-corrected chi connectivity index (χ4v) is 3.91. The summed E-state index contributed by atoms with van der Waals surface area (Å²) < 4.78 is 24.8. The van der Waals surface area contributed by atoms with Crippen LogP contribution in [0.3, 0.4) is 0 Å². The molecule has 1 atom stereocenters. The molecule has 2 amide bonds. The van der Waals surface area contributed by atoms with Gasteiger partial charge in [-0.3, -0.25) is 14.5 Å². The molecule has 5 nitrogen and oxygen atoms in total. The van der Waals surface area contributed by atoms with Crippen molar-refractivity contribution in [1.82, 2.24) is 4.90 Å². The minimum Gasteiger partial charge on any atom is -0.490 e. The van der Waals surface area contributed by atoms with Crippen LogP contribution < -0.4 is 9.47 Å². The number of hydrogen-bond donors (Lipinski definition) is 0. The van der Waals surface area contributed by atoms with Crippen LogP contribution in [0.1, 0.15) is 38.3 Å². The second-order valence-electron chi connectivity index (χ2n) is 6.87. The highest BCUT2D eigenvalue weighted by atomic mass is 32.2. The van der Waals surface area contributed by atoms with Crippen molar-refractivity contribution in [2.45, 2.75) is 39.8 Å². The Morgan fingerprint density at radius 3 is 2.60 bits per heavy atom. The molecule has 30 heavy (non-hydrogen) atoms. The summed E-state index contributed by atoms with van der Waals surface area (Å²) in [6, 6.07) is 11.4. The molecule has 1 fully saturated rings. The van der Waals surface area contributed by atoms with Crippen molar-refractivity contribution in [3.05, 3.63) is 64.3 Å². The molecular weight excluding hydrogens is 405 g/mol. The summed E-state index contributed by atoms with van der Waals surface area (Å²) in [4.78, 5) is 26.5. The summed E-state index contributed by atoms with van der Waals surface area (Å²) in [6.07, 6.45) is 2.39. The number of amides is 2. The zero-order valence-corrected chi connectivity index (χ0v) is 18.0. The van der Waals surface area contributed by atoms with Gasteiger partial charge in [0, 0.05) is 6.04 Å². The predicted octanol–water partition coefficient (Wildman–Crippen LogP) is 5.64. The van der Waals surface area contributed by atoms with Gasteiger partial charge < -0.3 is 9.47 Å². The van der Waals surface area contributed by atoms with Gasteiger partial charge in [0.15, 0.2) is 11.5 Å². The van der Waals surface area contributed by atoms with E-state index in [1.54, 1.807) is 36.4 Å². The van der Waals surface area contributed by atoms with Crippen LogP contribution in [0.15, 0.2) is 47.4 Å². The van der Waals surface area contributed by atoms with E-state index in [2.05, 4.69) is 0 Å². The van der Waals surface area contributed by atoms with Crippen molar-refractivity contribution < 1.29 is 23.5 Å². The Labute approximate surface area is 179 Å². The normalized spacial score (nSPS) is 16.3. The number of benzene rings is 2. The van der Waals surface area contributed by atoms with E-state index in [4.69, 9.17) is 9.47 Å². The number of imide groups is 1. The summed E-state index contributed by atoms with van der Waals surface area (Å²) >= 11 is 0.944. The number of halogens is 1. The van der Waals surface area contributed by atoms with Gasteiger partial charge in [0.1, 0.15) is 12.4 Å². The van der Waals surface area contributed by atoms with Gasteiger partial charge in [0.25, 0.3) is 11.1 Å². The van der Waals surface area contributed by atoms with Crippen LogP contribution in [0.5, 0.6) is 11.5 Å². The molecule has 0 aromatic heterocycles. The van der Waals surface area contributed by atoms with Crippen LogP contribution in [-0.2, 0) is 11.4 Å². The van der Waals surface area contributed by atoms with Gasteiger partial charge in [-0.15, -0.1) is 0 Å². The van der Waals surface area contributed by atoms with E-state index in [1.165, 1.54) is 17.0 Å². The average molecular weight is 430 g/mol. The molecule has 0 aliphatic carbocycles. The Hall–Kier alpha value is -2.80. The van der Waals surface area contributed by atoms with E-state index in [0.717, 1.165) is 17.3 Å². The molecule has 7 heteroatoms. The summed E-state index contributed by atoms with van der Waals surface area (Å²) in [5.41, 5.74) is 1.44. The number of hydrogen-bond acceptors (Lipinski definition) is 5. The maximum Gasteiger partial charge on any atom is 0.293 e. The lowest BCUT2D eigenvalue weighted by Gasteiger charge is -2.19. The van der Waals surface area contributed by atoms with E-state index in [1.807, 2.05) is 20.8 Å². The Morgan fingerprint density at radius 1 is 1.10 bits per heavy atom. The van der Waals surface area contributed by atoms with E-state index in [0.29, 0.717) is 35.0 Å². The Balaban J connectivity index is 1.80. The lowest BCUT2D eigenvalue weighted by Crippen LogP contribution is -2.36. The molecule has 2 aromatic rings. The first kappa shape index (κ1) is 21.9.